The summed E-state index contributed by atoms with van der Waals surface area (Å²) in [6.45, 7) is 2.01. The number of nitrogens with zero attached hydrogens (tertiary/aromatic N) is 3. The van der Waals surface area contributed by atoms with E-state index in [1.54, 1.807) is 18.2 Å². The van der Waals surface area contributed by atoms with Crippen LogP contribution in [0, 0.1) is 6.92 Å². The average molecular weight is 289 g/mol. The molecule has 102 valence electrons. The zero-order chi connectivity index (χ0) is 14.3. The van der Waals surface area contributed by atoms with Gasteiger partial charge in [0.1, 0.15) is 17.6 Å². The molecular weight excluding hydrogens is 276 g/mol. The second-order valence-electron chi connectivity index (χ2n) is 4.54. The van der Waals surface area contributed by atoms with E-state index in [1.807, 2.05) is 24.6 Å². The fraction of sp³-hybridized carbons (Fsp3) is 0.143. The van der Waals surface area contributed by atoms with E-state index in [0.29, 0.717) is 22.3 Å². The molecule has 6 heteroatoms. The summed E-state index contributed by atoms with van der Waals surface area (Å²) in [5.74, 6) is 1.08. The van der Waals surface area contributed by atoms with E-state index in [-0.39, 0.29) is 0 Å². The molecule has 0 radical (unpaired) electrons. The monoisotopic (exact) mass is 288 g/mol. The molecule has 0 unspecified atom stereocenters. The zero-order valence-electron chi connectivity index (χ0n) is 11.1. The number of hydrogen-bond donors (Lipinski definition) is 1. The van der Waals surface area contributed by atoms with Crippen molar-refractivity contribution in [3.05, 3.63) is 41.3 Å². The molecule has 3 aromatic rings. The van der Waals surface area contributed by atoms with Gasteiger partial charge >= 0.3 is 0 Å². The minimum atomic E-state index is 0.455. The molecule has 20 heavy (non-hydrogen) atoms. The van der Waals surface area contributed by atoms with Gasteiger partial charge in [0.25, 0.3) is 0 Å². The van der Waals surface area contributed by atoms with Crippen molar-refractivity contribution in [2.24, 2.45) is 7.05 Å². The van der Waals surface area contributed by atoms with Crippen LogP contribution in [0.2, 0.25) is 5.02 Å². The summed E-state index contributed by atoms with van der Waals surface area (Å²) in [5.41, 5.74) is 8.97. The minimum absolute atomic E-state index is 0.455. The van der Waals surface area contributed by atoms with E-state index < -0.39 is 0 Å². The van der Waals surface area contributed by atoms with Crippen molar-refractivity contribution in [3.63, 3.8) is 0 Å². The SMILES string of the molecule is Cc1cc2ncnc(Oc3ccc(N)c(Cl)c3)c2n1C. The molecule has 1 aromatic carbocycles. The smallest absolute Gasteiger partial charge is 0.247 e. The van der Waals surface area contributed by atoms with Crippen LogP contribution in [-0.2, 0) is 7.05 Å². The summed E-state index contributed by atoms with van der Waals surface area (Å²) in [4.78, 5) is 8.44. The van der Waals surface area contributed by atoms with Crippen molar-refractivity contribution in [3.8, 4) is 11.6 Å². The van der Waals surface area contributed by atoms with Gasteiger partial charge in [-0.05, 0) is 25.1 Å². The number of aryl methyl sites for hydroxylation is 2. The Morgan fingerprint density at radius 3 is 2.80 bits per heavy atom. The molecular formula is C14H13ClN4O. The second kappa shape index (κ2) is 4.68. The number of nitrogens with two attached hydrogens (primary N) is 1. The van der Waals surface area contributed by atoms with Crippen molar-refractivity contribution in [1.29, 1.82) is 0 Å². The molecule has 0 atom stereocenters. The third-order valence-electron chi connectivity index (χ3n) is 3.21. The number of aromatic nitrogens is 3. The molecule has 0 amide bonds. The predicted octanol–water partition coefficient (Wildman–Crippen LogP) is 3.30. The maximum Gasteiger partial charge on any atom is 0.247 e. The van der Waals surface area contributed by atoms with Gasteiger partial charge in [-0.3, -0.25) is 0 Å². The quantitative estimate of drug-likeness (QED) is 0.735. The van der Waals surface area contributed by atoms with Crippen molar-refractivity contribution in [2.45, 2.75) is 6.92 Å². The van der Waals surface area contributed by atoms with E-state index in [4.69, 9.17) is 22.1 Å². The largest absolute Gasteiger partial charge is 0.437 e. The first-order chi connectivity index (χ1) is 9.56. The summed E-state index contributed by atoms with van der Waals surface area (Å²) < 4.78 is 7.80. The van der Waals surface area contributed by atoms with Crippen molar-refractivity contribution < 1.29 is 4.74 Å². The summed E-state index contributed by atoms with van der Waals surface area (Å²) in [5, 5.41) is 0.455. The molecule has 0 bridgehead atoms. The number of benzene rings is 1. The van der Waals surface area contributed by atoms with Crippen LogP contribution in [0.25, 0.3) is 11.0 Å². The summed E-state index contributed by atoms with van der Waals surface area (Å²) in [6, 6.07) is 7.11. The van der Waals surface area contributed by atoms with E-state index in [2.05, 4.69) is 9.97 Å². The number of hydrogen-bond acceptors (Lipinski definition) is 4. The number of halogens is 1. The Labute approximate surface area is 121 Å². The van der Waals surface area contributed by atoms with E-state index in [9.17, 15) is 0 Å². The van der Waals surface area contributed by atoms with Gasteiger partial charge in [0.05, 0.1) is 16.2 Å². The molecule has 2 aromatic heterocycles. The molecule has 0 aliphatic carbocycles. The van der Waals surface area contributed by atoms with E-state index in [1.165, 1.54) is 6.33 Å². The highest BCUT2D eigenvalue weighted by Gasteiger charge is 2.12. The predicted molar refractivity (Wildman–Crippen MR) is 79.2 cm³/mol. The normalized spacial score (nSPS) is 10.9. The van der Waals surface area contributed by atoms with Gasteiger partial charge in [0.2, 0.25) is 5.88 Å². The first kappa shape index (κ1) is 12.7. The van der Waals surface area contributed by atoms with E-state index in [0.717, 1.165) is 16.7 Å². The molecule has 0 fully saturated rings. The third-order valence-corrected chi connectivity index (χ3v) is 3.54. The number of fused-ring (bicyclic) bond motifs is 1. The molecule has 0 spiro atoms. The van der Waals surface area contributed by atoms with Crippen LogP contribution < -0.4 is 10.5 Å². The second-order valence-corrected chi connectivity index (χ2v) is 4.95. The lowest BCUT2D eigenvalue weighted by atomic mass is 10.3. The van der Waals surface area contributed by atoms with Crippen molar-refractivity contribution in [1.82, 2.24) is 14.5 Å². The summed E-state index contributed by atoms with van der Waals surface area (Å²) in [7, 11) is 1.95. The average Bonchev–Trinajstić information content (AvgIpc) is 2.71. The highest BCUT2D eigenvalue weighted by Crippen LogP contribution is 2.31. The van der Waals surface area contributed by atoms with Crippen LogP contribution in [0.3, 0.4) is 0 Å². The Bertz CT molecular complexity index is 797. The van der Waals surface area contributed by atoms with Gasteiger partial charge in [-0.15, -0.1) is 0 Å². The van der Waals surface area contributed by atoms with Gasteiger partial charge in [-0.25, -0.2) is 4.98 Å². The molecule has 0 saturated carbocycles. The lowest BCUT2D eigenvalue weighted by Gasteiger charge is -2.08. The first-order valence-electron chi connectivity index (χ1n) is 6.06. The molecule has 2 N–H and O–H groups in total. The lowest BCUT2D eigenvalue weighted by Crippen LogP contribution is -1.96. The Morgan fingerprint density at radius 1 is 1.25 bits per heavy atom. The Morgan fingerprint density at radius 2 is 2.05 bits per heavy atom. The molecule has 0 aliphatic heterocycles. The maximum atomic E-state index is 5.99. The Kier molecular flexibility index (Phi) is 2.99. The van der Waals surface area contributed by atoms with E-state index >= 15 is 0 Å². The number of anilines is 1. The van der Waals surface area contributed by atoms with Crippen LogP contribution >= 0.6 is 11.6 Å². The Balaban J connectivity index is 2.08. The van der Waals surface area contributed by atoms with Gasteiger partial charge in [-0.1, -0.05) is 11.6 Å². The van der Waals surface area contributed by atoms with Gasteiger partial charge in [-0.2, -0.15) is 4.98 Å². The van der Waals surface area contributed by atoms with Crippen LogP contribution in [0.4, 0.5) is 5.69 Å². The fourth-order valence-corrected chi connectivity index (χ4v) is 2.20. The standard InChI is InChI=1S/C14H13ClN4O/c1-8-5-12-13(19(8)2)14(18-7-17-12)20-9-3-4-11(16)10(15)6-9/h3-7H,16H2,1-2H3. The van der Waals surface area contributed by atoms with Crippen LogP contribution in [-0.4, -0.2) is 14.5 Å². The van der Waals surface area contributed by atoms with Crippen LogP contribution in [0.15, 0.2) is 30.6 Å². The van der Waals surface area contributed by atoms with Crippen LogP contribution in [0.1, 0.15) is 5.69 Å². The number of ether oxygens (including phenoxy) is 1. The highest BCUT2D eigenvalue weighted by atomic mass is 35.5. The number of rotatable bonds is 2. The summed E-state index contributed by atoms with van der Waals surface area (Å²) >= 11 is 5.99. The first-order valence-corrected chi connectivity index (χ1v) is 6.44. The molecule has 0 saturated heterocycles. The third kappa shape index (κ3) is 2.06. The number of nitrogen functional groups attached to an aromatic ring is 1. The Hall–Kier alpha value is -2.27. The maximum absolute atomic E-state index is 5.99. The fourth-order valence-electron chi connectivity index (χ4n) is 2.02. The zero-order valence-corrected chi connectivity index (χ0v) is 11.8. The molecule has 5 nitrogen and oxygen atoms in total. The van der Waals surface area contributed by atoms with Crippen LogP contribution in [0.5, 0.6) is 11.6 Å². The van der Waals surface area contributed by atoms with Crippen molar-refractivity contribution in [2.75, 3.05) is 5.73 Å². The van der Waals surface area contributed by atoms with Gasteiger partial charge < -0.3 is 15.0 Å². The van der Waals surface area contributed by atoms with Gasteiger partial charge in [0.15, 0.2) is 0 Å². The lowest BCUT2D eigenvalue weighted by molar-refractivity contribution is 0.465. The van der Waals surface area contributed by atoms with Crippen molar-refractivity contribution >= 4 is 28.3 Å². The highest BCUT2D eigenvalue weighted by molar-refractivity contribution is 6.33. The minimum Gasteiger partial charge on any atom is -0.437 e. The molecule has 3 rings (SSSR count). The topological polar surface area (TPSA) is 66.0 Å². The summed E-state index contributed by atoms with van der Waals surface area (Å²) in [6.07, 6.45) is 1.48. The van der Waals surface area contributed by atoms with Gasteiger partial charge in [0, 0.05) is 18.8 Å². The molecule has 2 heterocycles. The molecule has 0 aliphatic rings.